The molecule has 1 heterocycles. The van der Waals surface area contributed by atoms with Crippen molar-refractivity contribution >= 4 is 11.9 Å². The summed E-state index contributed by atoms with van der Waals surface area (Å²) in [5.74, 6) is -0.865. The van der Waals surface area contributed by atoms with Crippen molar-refractivity contribution in [2.75, 3.05) is 14.2 Å². The molecule has 0 fully saturated rings. The van der Waals surface area contributed by atoms with E-state index in [1.807, 2.05) is 0 Å². The van der Waals surface area contributed by atoms with Crippen LogP contribution < -0.4 is 4.74 Å². The lowest BCUT2D eigenvalue weighted by atomic mass is 10.2. The average Bonchev–Trinajstić information content (AvgIpc) is 2.94. The van der Waals surface area contributed by atoms with E-state index in [4.69, 9.17) is 9.84 Å². The number of carbonyl (C=O) groups excluding carboxylic acids is 1. The van der Waals surface area contributed by atoms with Crippen LogP contribution in [0.3, 0.4) is 0 Å². The number of nitrogens with zero attached hydrogens (tertiary/aromatic N) is 4. The van der Waals surface area contributed by atoms with E-state index in [-0.39, 0.29) is 5.69 Å². The van der Waals surface area contributed by atoms with Crippen molar-refractivity contribution in [3.05, 3.63) is 35.7 Å². The van der Waals surface area contributed by atoms with Crippen LogP contribution in [0.1, 0.15) is 23.1 Å². The molecule has 0 aliphatic heterocycles. The molecule has 2 rings (SSSR count). The Morgan fingerprint density at radius 2 is 1.91 bits per heavy atom. The summed E-state index contributed by atoms with van der Waals surface area (Å²) in [6, 6.07) is 6.18. The highest BCUT2D eigenvalue weighted by Crippen LogP contribution is 2.17. The minimum absolute atomic E-state index is 0.122. The number of carboxylic acid groups (broad SMARTS) is 1. The number of hydrogen-bond donors (Lipinski definition) is 1. The van der Waals surface area contributed by atoms with Gasteiger partial charge < -0.3 is 14.7 Å². The molecular formula is C15H18N4O4. The van der Waals surface area contributed by atoms with Crippen LogP contribution in [0.4, 0.5) is 0 Å². The summed E-state index contributed by atoms with van der Waals surface area (Å²) in [5, 5.41) is 16.9. The van der Waals surface area contributed by atoms with Crippen LogP contribution in [-0.4, -0.2) is 57.1 Å². The van der Waals surface area contributed by atoms with Crippen molar-refractivity contribution in [2.45, 2.75) is 19.9 Å². The lowest BCUT2D eigenvalue weighted by molar-refractivity contribution is -0.141. The average molecular weight is 318 g/mol. The molecule has 1 N–H and O–H groups in total. The van der Waals surface area contributed by atoms with Gasteiger partial charge in [0.2, 0.25) is 0 Å². The summed E-state index contributed by atoms with van der Waals surface area (Å²) >= 11 is 0. The van der Waals surface area contributed by atoms with E-state index in [0.29, 0.717) is 11.4 Å². The fraction of sp³-hybridized carbons (Fsp3) is 0.333. The largest absolute Gasteiger partial charge is 0.497 e. The van der Waals surface area contributed by atoms with Crippen LogP contribution in [0.25, 0.3) is 5.69 Å². The van der Waals surface area contributed by atoms with E-state index >= 15 is 0 Å². The van der Waals surface area contributed by atoms with E-state index < -0.39 is 17.9 Å². The van der Waals surface area contributed by atoms with Gasteiger partial charge in [-0.3, -0.25) is 4.79 Å². The van der Waals surface area contributed by atoms with Gasteiger partial charge in [-0.1, -0.05) is 5.21 Å². The van der Waals surface area contributed by atoms with Gasteiger partial charge in [0, 0.05) is 7.05 Å². The predicted octanol–water partition coefficient (Wildman–Crippen LogP) is 1.13. The molecule has 23 heavy (non-hydrogen) atoms. The van der Waals surface area contributed by atoms with Crippen LogP contribution in [0.5, 0.6) is 5.75 Å². The number of methoxy groups -OCH3 is 1. The minimum Gasteiger partial charge on any atom is -0.497 e. The lowest BCUT2D eigenvalue weighted by Crippen LogP contribution is -2.40. The monoisotopic (exact) mass is 318 g/mol. The minimum atomic E-state index is -1.08. The Morgan fingerprint density at radius 1 is 1.30 bits per heavy atom. The molecule has 0 radical (unpaired) electrons. The number of benzene rings is 1. The Balaban J connectivity index is 2.31. The number of amides is 1. The molecule has 122 valence electrons. The number of aromatic nitrogens is 3. The van der Waals surface area contributed by atoms with E-state index in [0.717, 1.165) is 10.6 Å². The van der Waals surface area contributed by atoms with Gasteiger partial charge in [-0.2, -0.15) is 0 Å². The fourth-order valence-corrected chi connectivity index (χ4v) is 2.00. The van der Waals surface area contributed by atoms with Crippen molar-refractivity contribution in [1.82, 2.24) is 19.9 Å². The zero-order valence-electron chi connectivity index (χ0n) is 13.3. The van der Waals surface area contributed by atoms with Crippen molar-refractivity contribution in [3.63, 3.8) is 0 Å². The Bertz CT molecular complexity index is 724. The molecule has 0 bridgehead atoms. The van der Waals surface area contributed by atoms with Gasteiger partial charge in [0.05, 0.1) is 18.5 Å². The van der Waals surface area contributed by atoms with Gasteiger partial charge in [-0.05, 0) is 38.1 Å². The summed E-state index contributed by atoms with van der Waals surface area (Å²) in [7, 11) is 3.00. The maximum atomic E-state index is 12.4. The zero-order chi connectivity index (χ0) is 17.1. The number of carbonyl (C=O) groups is 2. The highest BCUT2D eigenvalue weighted by atomic mass is 16.5. The van der Waals surface area contributed by atoms with E-state index in [1.165, 1.54) is 18.7 Å². The second-order valence-electron chi connectivity index (χ2n) is 5.06. The third-order valence-electron chi connectivity index (χ3n) is 3.67. The highest BCUT2D eigenvalue weighted by molar-refractivity contribution is 5.95. The number of aliphatic carboxylic acids is 1. The quantitative estimate of drug-likeness (QED) is 0.887. The van der Waals surface area contributed by atoms with E-state index in [1.54, 1.807) is 38.3 Å². The maximum Gasteiger partial charge on any atom is 0.326 e. The molecule has 1 amide bonds. The molecule has 8 nitrogen and oxygen atoms in total. The molecule has 8 heteroatoms. The molecule has 0 aliphatic rings. The Morgan fingerprint density at radius 3 is 2.43 bits per heavy atom. The van der Waals surface area contributed by atoms with Crippen LogP contribution in [-0.2, 0) is 4.79 Å². The third kappa shape index (κ3) is 3.15. The van der Waals surface area contributed by atoms with Crippen LogP contribution in [0.2, 0.25) is 0 Å². The Kier molecular flexibility index (Phi) is 4.63. The number of carboxylic acids is 1. The molecule has 1 aromatic carbocycles. The van der Waals surface area contributed by atoms with Gasteiger partial charge in [0.25, 0.3) is 5.91 Å². The highest BCUT2D eigenvalue weighted by Gasteiger charge is 2.27. The molecule has 0 saturated heterocycles. The van der Waals surface area contributed by atoms with Crippen LogP contribution in [0.15, 0.2) is 24.3 Å². The van der Waals surface area contributed by atoms with Crippen molar-refractivity contribution in [1.29, 1.82) is 0 Å². The first-order valence-corrected chi connectivity index (χ1v) is 6.93. The van der Waals surface area contributed by atoms with E-state index in [9.17, 15) is 9.59 Å². The predicted molar refractivity (Wildman–Crippen MR) is 81.8 cm³/mol. The summed E-state index contributed by atoms with van der Waals surface area (Å²) in [5.41, 5.74) is 1.38. The van der Waals surface area contributed by atoms with E-state index in [2.05, 4.69) is 10.3 Å². The summed E-state index contributed by atoms with van der Waals surface area (Å²) in [4.78, 5) is 24.5. The molecule has 1 unspecified atom stereocenters. The standard InChI is InChI=1S/C15H18N4O4/c1-9-13(14(20)18(3)10(2)15(21)22)16-17-19(9)11-5-7-12(23-4)8-6-11/h5-8,10H,1-4H3,(H,21,22). The lowest BCUT2D eigenvalue weighted by Gasteiger charge is -2.20. The van der Waals surface area contributed by atoms with Gasteiger partial charge in [0.15, 0.2) is 5.69 Å². The number of ether oxygens (including phenoxy) is 1. The third-order valence-corrected chi connectivity index (χ3v) is 3.67. The fourth-order valence-electron chi connectivity index (χ4n) is 2.00. The summed E-state index contributed by atoms with van der Waals surface area (Å²) in [6.45, 7) is 3.14. The summed E-state index contributed by atoms with van der Waals surface area (Å²) in [6.07, 6.45) is 0. The van der Waals surface area contributed by atoms with Gasteiger partial charge in [-0.15, -0.1) is 5.10 Å². The smallest absolute Gasteiger partial charge is 0.326 e. The Labute approximate surface area is 133 Å². The second-order valence-corrected chi connectivity index (χ2v) is 5.06. The normalized spacial score (nSPS) is 11.8. The molecule has 2 aromatic rings. The van der Waals surface area contributed by atoms with Crippen LogP contribution in [0, 0.1) is 6.92 Å². The van der Waals surface area contributed by atoms with Crippen molar-refractivity contribution < 1.29 is 19.4 Å². The van der Waals surface area contributed by atoms with Crippen LogP contribution >= 0.6 is 0 Å². The maximum absolute atomic E-state index is 12.4. The van der Waals surface area contributed by atoms with Gasteiger partial charge >= 0.3 is 5.97 Å². The summed E-state index contributed by atoms with van der Waals surface area (Å²) < 4.78 is 6.62. The first kappa shape index (κ1) is 16.5. The number of rotatable bonds is 5. The first-order chi connectivity index (χ1) is 10.9. The molecular weight excluding hydrogens is 300 g/mol. The topological polar surface area (TPSA) is 97.5 Å². The van der Waals surface area contributed by atoms with Crippen molar-refractivity contribution in [3.8, 4) is 11.4 Å². The second kappa shape index (κ2) is 6.47. The molecule has 0 spiro atoms. The molecule has 1 aromatic heterocycles. The molecule has 1 atom stereocenters. The molecule has 0 aliphatic carbocycles. The Hall–Kier alpha value is -2.90. The van der Waals surface area contributed by atoms with Gasteiger partial charge in [-0.25, -0.2) is 9.48 Å². The molecule has 0 saturated carbocycles. The first-order valence-electron chi connectivity index (χ1n) is 6.93. The zero-order valence-corrected chi connectivity index (χ0v) is 13.3. The number of hydrogen-bond acceptors (Lipinski definition) is 5. The van der Waals surface area contributed by atoms with Crippen molar-refractivity contribution in [2.24, 2.45) is 0 Å². The SMILES string of the molecule is COc1ccc(-n2nnc(C(=O)N(C)C(C)C(=O)O)c2C)cc1. The number of likely N-dealkylation sites (N-methyl/N-ethyl adjacent to an activating group) is 1. The van der Waals surface area contributed by atoms with Gasteiger partial charge in [0.1, 0.15) is 11.8 Å².